The predicted octanol–water partition coefficient (Wildman–Crippen LogP) is 3.14. The standard InChI is InChI=1S/C20H20N2O4/c1-13(20(26)22(3)17-8-10-18(24)11-9-17)12-19(25)21-16-6-4-15(5-7-16)14(2)23/h4-12,24H,1-3H3,(H,21,25)/b13-12+. The fourth-order valence-corrected chi connectivity index (χ4v) is 2.28. The summed E-state index contributed by atoms with van der Waals surface area (Å²) in [5.41, 5.74) is 1.95. The molecule has 0 fully saturated rings. The highest BCUT2D eigenvalue weighted by Crippen LogP contribution is 2.19. The number of aromatic hydroxyl groups is 1. The fraction of sp³-hybridized carbons (Fsp3) is 0.150. The summed E-state index contributed by atoms with van der Waals surface area (Å²) in [7, 11) is 1.59. The lowest BCUT2D eigenvalue weighted by atomic mass is 10.1. The lowest BCUT2D eigenvalue weighted by molar-refractivity contribution is -0.116. The highest BCUT2D eigenvalue weighted by molar-refractivity contribution is 6.10. The monoisotopic (exact) mass is 352 g/mol. The molecule has 26 heavy (non-hydrogen) atoms. The third kappa shape index (κ3) is 4.80. The van der Waals surface area contributed by atoms with Crippen molar-refractivity contribution in [3.8, 4) is 5.75 Å². The molecule has 6 nitrogen and oxygen atoms in total. The second kappa shape index (κ2) is 8.11. The second-order valence-corrected chi connectivity index (χ2v) is 5.83. The van der Waals surface area contributed by atoms with Gasteiger partial charge in [0.2, 0.25) is 5.91 Å². The van der Waals surface area contributed by atoms with E-state index >= 15 is 0 Å². The quantitative estimate of drug-likeness (QED) is 0.639. The number of rotatable bonds is 5. The summed E-state index contributed by atoms with van der Waals surface area (Å²) >= 11 is 0. The first-order valence-corrected chi connectivity index (χ1v) is 7.95. The minimum absolute atomic E-state index is 0.0542. The van der Waals surface area contributed by atoms with Crippen LogP contribution in [0.2, 0.25) is 0 Å². The molecule has 0 heterocycles. The van der Waals surface area contributed by atoms with Gasteiger partial charge in [0.1, 0.15) is 5.75 Å². The first-order chi connectivity index (χ1) is 12.3. The van der Waals surface area contributed by atoms with E-state index in [0.29, 0.717) is 16.9 Å². The number of anilines is 2. The first-order valence-electron chi connectivity index (χ1n) is 7.95. The highest BCUT2D eigenvalue weighted by Gasteiger charge is 2.14. The molecule has 2 aromatic rings. The number of nitrogens with zero attached hydrogens (tertiary/aromatic N) is 1. The number of benzene rings is 2. The molecule has 0 aliphatic rings. The van der Waals surface area contributed by atoms with Gasteiger partial charge in [-0.2, -0.15) is 0 Å². The van der Waals surface area contributed by atoms with Gasteiger partial charge in [0.15, 0.2) is 5.78 Å². The van der Waals surface area contributed by atoms with Crippen LogP contribution in [0.4, 0.5) is 11.4 Å². The molecule has 0 unspecified atom stereocenters. The average Bonchev–Trinajstić information content (AvgIpc) is 2.61. The Bertz CT molecular complexity index is 852. The van der Waals surface area contributed by atoms with Crippen molar-refractivity contribution in [3.05, 3.63) is 65.7 Å². The molecule has 0 spiro atoms. The summed E-state index contributed by atoms with van der Waals surface area (Å²) in [6.07, 6.45) is 1.22. The molecule has 6 heteroatoms. The van der Waals surface area contributed by atoms with Crippen molar-refractivity contribution in [2.45, 2.75) is 13.8 Å². The number of carbonyl (C=O) groups excluding carboxylic acids is 3. The SMILES string of the molecule is CC(=O)c1ccc(NC(=O)/C=C(\C)C(=O)N(C)c2ccc(O)cc2)cc1. The number of ketones is 1. The predicted molar refractivity (Wildman–Crippen MR) is 100 cm³/mol. The van der Waals surface area contributed by atoms with E-state index in [9.17, 15) is 19.5 Å². The number of likely N-dealkylation sites (N-methyl/N-ethyl adjacent to an activating group) is 1. The van der Waals surface area contributed by atoms with Crippen molar-refractivity contribution in [1.29, 1.82) is 0 Å². The van der Waals surface area contributed by atoms with E-state index in [0.717, 1.165) is 0 Å². The van der Waals surface area contributed by atoms with Gasteiger partial charge < -0.3 is 15.3 Å². The molecular weight excluding hydrogens is 332 g/mol. The van der Waals surface area contributed by atoms with Gasteiger partial charge in [0, 0.05) is 35.6 Å². The largest absolute Gasteiger partial charge is 0.508 e. The fourth-order valence-electron chi connectivity index (χ4n) is 2.28. The Morgan fingerprint density at radius 2 is 1.54 bits per heavy atom. The average molecular weight is 352 g/mol. The third-order valence-corrected chi connectivity index (χ3v) is 3.79. The van der Waals surface area contributed by atoms with Crippen molar-refractivity contribution in [2.75, 3.05) is 17.3 Å². The van der Waals surface area contributed by atoms with Gasteiger partial charge in [-0.1, -0.05) is 0 Å². The van der Waals surface area contributed by atoms with Gasteiger partial charge in [-0.3, -0.25) is 14.4 Å². The molecule has 0 radical (unpaired) electrons. The zero-order chi connectivity index (χ0) is 19.3. The van der Waals surface area contributed by atoms with Crippen LogP contribution in [0.1, 0.15) is 24.2 Å². The van der Waals surface area contributed by atoms with E-state index in [1.807, 2.05) is 0 Å². The molecule has 0 bridgehead atoms. The normalized spacial score (nSPS) is 11.0. The Morgan fingerprint density at radius 1 is 0.962 bits per heavy atom. The van der Waals surface area contributed by atoms with Crippen molar-refractivity contribution in [2.24, 2.45) is 0 Å². The minimum atomic E-state index is -0.439. The summed E-state index contributed by atoms with van der Waals surface area (Å²) in [6, 6.07) is 12.7. The minimum Gasteiger partial charge on any atom is -0.508 e. The Hall–Kier alpha value is -3.41. The number of carbonyl (C=O) groups is 3. The van der Waals surface area contributed by atoms with Gasteiger partial charge in [-0.05, 0) is 62.4 Å². The zero-order valence-corrected chi connectivity index (χ0v) is 14.8. The lowest BCUT2D eigenvalue weighted by Crippen LogP contribution is -2.27. The number of amides is 2. The van der Waals surface area contributed by atoms with Crippen molar-refractivity contribution in [1.82, 2.24) is 0 Å². The molecule has 0 aliphatic heterocycles. The molecule has 0 aromatic heterocycles. The van der Waals surface area contributed by atoms with Gasteiger partial charge in [0.05, 0.1) is 0 Å². The topological polar surface area (TPSA) is 86.7 Å². The third-order valence-electron chi connectivity index (χ3n) is 3.79. The van der Waals surface area contributed by atoms with Gasteiger partial charge in [-0.15, -0.1) is 0 Å². The van der Waals surface area contributed by atoms with Crippen molar-refractivity contribution in [3.63, 3.8) is 0 Å². The molecule has 0 aliphatic carbocycles. The van der Waals surface area contributed by atoms with E-state index in [-0.39, 0.29) is 23.0 Å². The van der Waals surface area contributed by atoms with Crippen molar-refractivity contribution < 1.29 is 19.5 Å². The van der Waals surface area contributed by atoms with Crippen LogP contribution in [0.5, 0.6) is 5.75 Å². The molecule has 134 valence electrons. The smallest absolute Gasteiger partial charge is 0.253 e. The van der Waals surface area contributed by atoms with Gasteiger partial charge in [0.25, 0.3) is 5.91 Å². The Balaban J connectivity index is 2.04. The maximum atomic E-state index is 12.4. The maximum Gasteiger partial charge on any atom is 0.253 e. The number of hydrogen-bond donors (Lipinski definition) is 2. The maximum absolute atomic E-state index is 12.4. The molecule has 0 saturated heterocycles. The summed E-state index contributed by atoms with van der Waals surface area (Å²) in [5.74, 6) is -0.721. The number of Topliss-reactive ketones (excluding diaryl/α,β-unsaturated/α-hetero) is 1. The Morgan fingerprint density at radius 3 is 2.08 bits per heavy atom. The molecule has 0 saturated carbocycles. The molecule has 2 N–H and O–H groups in total. The summed E-state index contributed by atoms with van der Waals surface area (Å²) in [6.45, 7) is 3.02. The molecule has 0 atom stereocenters. The summed E-state index contributed by atoms with van der Waals surface area (Å²) in [5, 5.41) is 12.0. The van der Waals surface area contributed by atoms with Crippen molar-refractivity contribution >= 4 is 29.0 Å². The van der Waals surface area contributed by atoms with Crippen LogP contribution in [-0.2, 0) is 9.59 Å². The first kappa shape index (κ1) is 18.9. The van der Waals surface area contributed by atoms with Gasteiger partial charge in [-0.25, -0.2) is 0 Å². The summed E-state index contributed by atoms with van der Waals surface area (Å²) in [4.78, 5) is 37.1. The Labute approximate surface area is 151 Å². The Kier molecular flexibility index (Phi) is 5.90. The number of hydrogen-bond acceptors (Lipinski definition) is 4. The molecule has 2 amide bonds. The van der Waals surface area contributed by atoms with Gasteiger partial charge >= 0.3 is 0 Å². The van der Waals surface area contributed by atoms with Crippen LogP contribution in [-0.4, -0.2) is 29.8 Å². The second-order valence-electron chi connectivity index (χ2n) is 5.83. The van der Waals surface area contributed by atoms with E-state index in [2.05, 4.69) is 5.32 Å². The molecular formula is C20H20N2O4. The zero-order valence-electron chi connectivity index (χ0n) is 14.8. The number of phenolic OH excluding ortho intramolecular Hbond substituents is 1. The number of nitrogens with one attached hydrogen (secondary N) is 1. The number of phenols is 1. The van der Waals surface area contributed by atoms with E-state index in [4.69, 9.17) is 0 Å². The van der Waals surface area contributed by atoms with Crippen LogP contribution in [0.3, 0.4) is 0 Å². The van der Waals surface area contributed by atoms with E-state index in [1.54, 1.807) is 50.4 Å². The lowest BCUT2D eigenvalue weighted by Gasteiger charge is -2.17. The highest BCUT2D eigenvalue weighted by atomic mass is 16.3. The summed E-state index contributed by atoms with van der Waals surface area (Å²) < 4.78 is 0. The molecule has 2 rings (SSSR count). The van der Waals surface area contributed by atoms with Crippen LogP contribution >= 0.6 is 0 Å². The van der Waals surface area contributed by atoms with E-state index in [1.165, 1.54) is 30.0 Å². The van der Waals surface area contributed by atoms with Crippen LogP contribution in [0.15, 0.2) is 60.2 Å². The van der Waals surface area contributed by atoms with Crippen LogP contribution in [0.25, 0.3) is 0 Å². The van der Waals surface area contributed by atoms with Crippen LogP contribution in [0, 0.1) is 0 Å². The van der Waals surface area contributed by atoms with Crippen LogP contribution < -0.4 is 10.2 Å². The van der Waals surface area contributed by atoms with E-state index < -0.39 is 5.91 Å². The molecule has 2 aromatic carbocycles.